The molecule has 0 saturated carbocycles. The number of methoxy groups -OCH3 is 1. The standard InChI is InChI=1S/C24H28F3NO5/c1-30-22-14-17(9-11-21(22)33-16-24(25,26)27)10-12-23(29)28-19-7-2-3-8-20(19)32-15-18-6-4-5-13-31-18/h2-3,7-9,11,14,18H,4-6,10,12-13,15-16H2,1H3,(H,28,29). The Morgan fingerprint density at radius 3 is 2.64 bits per heavy atom. The molecule has 33 heavy (non-hydrogen) atoms. The van der Waals surface area contributed by atoms with Crippen molar-refractivity contribution in [3.63, 3.8) is 0 Å². The molecule has 0 aromatic heterocycles. The van der Waals surface area contributed by atoms with Gasteiger partial charge in [0.2, 0.25) is 5.91 Å². The van der Waals surface area contributed by atoms with Crippen LogP contribution in [-0.4, -0.2) is 45.1 Å². The Balaban J connectivity index is 1.53. The minimum Gasteiger partial charge on any atom is -0.493 e. The molecule has 1 aliphatic rings. The van der Waals surface area contributed by atoms with Gasteiger partial charge in [0.1, 0.15) is 12.4 Å². The van der Waals surface area contributed by atoms with Crippen molar-refractivity contribution in [2.24, 2.45) is 0 Å². The van der Waals surface area contributed by atoms with Crippen LogP contribution in [-0.2, 0) is 16.0 Å². The SMILES string of the molecule is COc1cc(CCC(=O)Nc2ccccc2OCC2CCCCO2)ccc1OCC(F)(F)F. The number of rotatable bonds is 10. The summed E-state index contributed by atoms with van der Waals surface area (Å²) in [4.78, 5) is 12.5. The lowest BCUT2D eigenvalue weighted by atomic mass is 10.1. The molecule has 3 rings (SSSR count). The zero-order valence-corrected chi connectivity index (χ0v) is 18.5. The Labute approximate surface area is 191 Å². The van der Waals surface area contributed by atoms with Gasteiger partial charge in [-0.05, 0) is 55.5 Å². The number of alkyl halides is 3. The molecule has 0 aliphatic carbocycles. The summed E-state index contributed by atoms with van der Waals surface area (Å²) in [5, 5.41) is 2.86. The number of nitrogens with one attached hydrogen (secondary N) is 1. The first-order chi connectivity index (χ1) is 15.8. The zero-order valence-electron chi connectivity index (χ0n) is 18.5. The van der Waals surface area contributed by atoms with Crippen molar-refractivity contribution in [2.45, 2.75) is 44.4 Å². The Hall–Kier alpha value is -2.94. The number of carbonyl (C=O) groups excluding carboxylic acids is 1. The van der Waals surface area contributed by atoms with Gasteiger partial charge in [0, 0.05) is 13.0 Å². The lowest BCUT2D eigenvalue weighted by molar-refractivity contribution is -0.153. The van der Waals surface area contributed by atoms with E-state index < -0.39 is 12.8 Å². The highest BCUT2D eigenvalue weighted by Gasteiger charge is 2.29. The first-order valence-electron chi connectivity index (χ1n) is 10.8. The molecule has 2 aromatic carbocycles. The number of aryl methyl sites for hydroxylation is 1. The van der Waals surface area contributed by atoms with E-state index in [1.807, 2.05) is 12.1 Å². The van der Waals surface area contributed by atoms with Gasteiger partial charge >= 0.3 is 6.18 Å². The molecule has 180 valence electrons. The van der Waals surface area contributed by atoms with Crippen LogP contribution in [0.2, 0.25) is 0 Å². The van der Waals surface area contributed by atoms with E-state index in [1.165, 1.54) is 13.2 Å². The summed E-state index contributed by atoms with van der Waals surface area (Å²) in [6, 6.07) is 11.8. The van der Waals surface area contributed by atoms with Crippen LogP contribution in [0.15, 0.2) is 42.5 Å². The molecule has 6 nitrogen and oxygen atoms in total. The van der Waals surface area contributed by atoms with Gasteiger partial charge in [-0.1, -0.05) is 18.2 Å². The average Bonchev–Trinajstić information content (AvgIpc) is 2.81. The number of carbonyl (C=O) groups is 1. The van der Waals surface area contributed by atoms with Crippen molar-refractivity contribution >= 4 is 11.6 Å². The van der Waals surface area contributed by atoms with Crippen molar-refractivity contribution in [2.75, 3.05) is 32.2 Å². The van der Waals surface area contributed by atoms with E-state index in [-0.39, 0.29) is 29.9 Å². The molecule has 1 aliphatic heterocycles. The monoisotopic (exact) mass is 467 g/mol. The number of amides is 1. The van der Waals surface area contributed by atoms with Crippen LogP contribution in [0, 0.1) is 0 Å². The van der Waals surface area contributed by atoms with E-state index in [0.717, 1.165) is 31.4 Å². The van der Waals surface area contributed by atoms with Gasteiger partial charge in [0.25, 0.3) is 0 Å². The van der Waals surface area contributed by atoms with Crippen LogP contribution in [0.3, 0.4) is 0 Å². The maximum absolute atomic E-state index is 12.5. The van der Waals surface area contributed by atoms with Crippen LogP contribution in [0.5, 0.6) is 17.2 Å². The fraction of sp³-hybridized carbons (Fsp3) is 0.458. The van der Waals surface area contributed by atoms with Crippen molar-refractivity contribution in [3.8, 4) is 17.2 Å². The molecule has 9 heteroatoms. The van der Waals surface area contributed by atoms with Crippen LogP contribution in [0.1, 0.15) is 31.2 Å². The molecule has 1 unspecified atom stereocenters. The first-order valence-corrected chi connectivity index (χ1v) is 10.8. The van der Waals surface area contributed by atoms with Gasteiger partial charge in [0.15, 0.2) is 18.1 Å². The van der Waals surface area contributed by atoms with Gasteiger partial charge in [-0.25, -0.2) is 0 Å². The van der Waals surface area contributed by atoms with Crippen molar-refractivity contribution in [3.05, 3.63) is 48.0 Å². The van der Waals surface area contributed by atoms with Gasteiger partial charge in [-0.15, -0.1) is 0 Å². The Kier molecular flexibility index (Phi) is 8.82. The quantitative estimate of drug-likeness (QED) is 0.523. The second kappa shape index (κ2) is 11.8. The number of hydrogen-bond donors (Lipinski definition) is 1. The Bertz CT molecular complexity index is 913. The third-order valence-electron chi connectivity index (χ3n) is 5.12. The number of benzene rings is 2. The lowest BCUT2D eigenvalue weighted by Crippen LogP contribution is -2.26. The van der Waals surface area contributed by atoms with Crippen LogP contribution >= 0.6 is 0 Å². The molecule has 1 heterocycles. The second-order valence-electron chi connectivity index (χ2n) is 7.73. The summed E-state index contributed by atoms with van der Waals surface area (Å²) in [7, 11) is 1.35. The number of anilines is 1. The minimum absolute atomic E-state index is 0.00366. The topological polar surface area (TPSA) is 66.0 Å². The molecule has 1 N–H and O–H groups in total. The molecule has 0 bridgehead atoms. The van der Waals surface area contributed by atoms with Crippen LogP contribution in [0.4, 0.5) is 18.9 Å². The highest BCUT2D eigenvalue weighted by molar-refractivity contribution is 5.92. The summed E-state index contributed by atoms with van der Waals surface area (Å²) in [6.45, 7) is -0.235. The normalized spacial score (nSPS) is 16.2. The maximum Gasteiger partial charge on any atom is 0.422 e. The smallest absolute Gasteiger partial charge is 0.422 e. The van der Waals surface area contributed by atoms with E-state index in [2.05, 4.69) is 5.32 Å². The van der Waals surface area contributed by atoms with E-state index >= 15 is 0 Å². The number of ether oxygens (including phenoxy) is 4. The summed E-state index contributed by atoms with van der Waals surface area (Å²) in [6.07, 6.45) is -0.693. The summed E-state index contributed by atoms with van der Waals surface area (Å²) in [5.41, 5.74) is 1.31. The van der Waals surface area contributed by atoms with E-state index in [1.54, 1.807) is 24.3 Å². The van der Waals surface area contributed by atoms with Crippen molar-refractivity contribution < 1.29 is 36.9 Å². The maximum atomic E-state index is 12.5. The summed E-state index contributed by atoms with van der Waals surface area (Å²) >= 11 is 0. The third-order valence-corrected chi connectivity index (χ3v) is 5.12. The van der Waals surface area contributed by atoms with Crippen molar-refractivity contribution in [1.82, 2.24) is 0 Å². The predicted octanol–water partition coefficient (Wildman–Crippen LogP) is 5.16. The molecule has 1 amide bonds. The predicted molar refractivity (Wildman–Crippen MR) is 117 cm³/mol. The molecule has 0 spiro atoms. The van der Waals surface area contributed by atoms with Gasteiger partial charge < -0.3 is 24.3 Å². The zero-order chi connectivity index (χ0) is 23.7. The van der Waals surface area contributed by atoms with E-state index in [4.69, 9.17) is 18.9 Å². The molecular formula is C24H28F3NO5. The molecule has 1 fully saturated rings. The number of hydrogen-bond acceptors (Lipinski definition) is 5. The van der Waals surface area contributed by atoms with Gasteiger partial charge in [0.05, 0.1) is 18.9 Å². The fourth-order valence-corrected chi connectivity index (χ4v) is 3.43. The lowest BCUT2D eigenvalue weighted by Gasteiger charge is -2.23. The number of para-hydroxylation sites is 2. The Morgan fingerprint density at radius 1 is 1.09 bits per heavy atom. The third kappa shape index (κ3) is 8.16. The summed E-state index contributed by atoms with van der Waals surface area (Å²) < 4.78 is 58.6. The first kappa shape index (κ1) is 24.7. The average molecular weight is 467 g/mol. The Morgan fingerprint density at radius 2 is 1.91 bits per heavy atom. The minimum atomic E-state index is -4.44. The summed E-state index contributed by atoms with van der Waals surface area (Å²) in [5.74, 6) is 0.543. The van der Waals surface area contributed by atoms with Crippen molar-refractivity contribution in [1.29, 1.82) is 0 Å². The highest BCUT2D eigenvalue weighted by atomic mass is 19.4. The molecular weight excluding hydrogens is 439 g/mol. The van der Waals surface area contributed by atoms with Crippen LogP contribution in [0.25, 0.3) is 0 Å². The number of halogens is 3. The molecule has 1 atom stereocenters. The van der Waals surface area contributed by atoms with E-state index in [0.29, 0.717) is 24.5 Å². The fourth-order valence-electron chi connectivity index (χ4n) is 3.43. The molecule has 0 radical (unpaired) electrons. The van der Waals surface area contributed by atoms with Crippen LogP contribution < -0.4 is 19.5 Å². The second-order valence-corrected chi connectivity index (χ2v) is 7.73. The molecule has 1 saturated heterocycles. The molecule has 2 aromatic rings. The highest BCUT2D eigenvalue weighted by Crippen LogP contribution is 2.30. The van der Waals surface area contributed by atoms with Gasteiger partial charge in [-0.2, -0.15) is 13.2 Å². The van der Waals surface area contributed by atoms with Gasteiger partial charge in [-0.3, -0.25) is 4.79 Å². The van der Waals surface area contributed by atoms with E-state index in [9.17, 15) is 18.0 Å². The largest absolute Gasteiger partial charge is 0.493 e.